The van der Waals surface area contributed by atoms with Crippen LogP contribution in [-0.4, -0.2) is 21.2 Å². The highest BCUT2D eigenvalue weighted by Crippen LogP contribution is 2.23. The molecule has 3 aromatic rings. The number of benzene rings is 1. The molecule has 0 aliphatic heterocycles. The van der Waals surface area contributed by atoms with Crippen molar-refractivity contribution in [1.82, 2.24) is 4.40 Å². The summed E-state index contributed by atoms with van der Waals surface area (Å²) in [6, 6.07) is 9.11. The summed E-state index contributed by atoms with van der Waals surface area (Å²) in [5.74, 6) is -0.0536. The maximum atomic E-state index is 12.6. The highest BCUT2D eigenvalue weighted by atomic mass is 32.1. The van der Waals surface area contributed by atoms with E-state index in [2.05, 4.69) is 0 Å². The second-order valence-electron chi connectivity index (χ2n) is 4.65. The maximum absolute atomic E-state index is 12.6. The van der Waals surface area contributed by atoms with Crippen LogP contribution in [0.1, 0.15) is 6.42 Å². The molecule has 2 N–H and O–H groups in total. The molecule has 0 amide bonds. The Hall–Kier alpha value is -2.18. The molecule has 0 fully saturated rings. The largest absolute Gasteiger partial charge is 0.477 e. The van der Waals surface area contributed by atoms with Crippen molar-refractivity contribution in [2.75, 3.05) is 6.61 Å². The Labute approximate surface area is 125 Å². The first-order valence-corrected chi connectivity index (χ1v) is 7.53. The lowest BCUT2D eigenvalue weighted by Crippen LogP contribution is -2.40. The Kier molecular flexibility index (Phi) is 3.72. The minimum atomic E-state index is -0.241. The van der Waals surface area contributed by atoms with E-state index in [4.69, 9.17) is 5.11 Å². The molecule has 3 rings (SSSR count). The van der Waals surface area contributed by atoms with Gasteiger partial charge in [0.25, 0.3) is 5.88 Å². The lowest BCUT2D eigenvalue weighted by atomic mass is 10.1. The van der Waals surface area contributed by atoms with Crippen molar-refractivity contribution in [1.29, 1.82) is 0 Å². The molecule has 0 unspecified atom stereocenters. The van der Waals surface area contributed by atoms with Crippen molar-refractivity contribution in [2.45, 2.75) is 13.0 Å². The first kappa shape index (κ1) is 13.8. The summed E-state index contributed by atoms with van der Waals surface area (Å²) in [6.45, 7) is 0.482. The zero-order valence-corrected chi connectivity index (χ0v) is 12.1. The normalized spacial score (nSPS) is 11.1. The molecular weight excluding hydrogens is 288 g/mol. The smallest absolute Gasteiger partial charge is 0.355 e. The van der Waals surface area contributed by atoms with Gasteiger partial charge in [-0.1, -0.05) is 41.7 Å². The predicted octanol–water partition coefficient (Wildman–Crippen LogP) is 1.40. The summed E-state index contributed by atoms with van der Waals surface area (Å²) in [7, 11) is 0. The Morgan fingerprint density at radius 2 is 2.00 bits per heavy atom. The van der Waals surface area contributed by atoms with Gasteiger partial charge in [0, 0.05) is 18.4 Å². The van der Waals surface area contributed by atoms with Gasteiger partial charge in [0.05, 0.1) is 6.54 Å². The zero-order valence-electron chi connectivity index (χ0n) is 11.3. The van der Waals surface area contributed by atoms with E-state index in [1.807, 2.05) is 18.2 Å². The minimum Gasteiger partial charge on any atom is -0.477 e. The van der Waals surface area contributed by atoms with Crippen molar-refractivity contribution in [3.05, 3.63) is 52.3 Å². The molecule has 0 aliphatic rings. The van der Waals surface area contributed by atoms with Gasteiger partial charge in [0.2, 0.25) is 0 Å². The summed E-state index contributed by atoms with van der Waals surface area (Å²) in [5.41, 5.74) is 0.720. The van der Waals surface area contributed by atoms with Crippen molar-refractivity contribution >= 4 is 16.3 Å². The molecule has 0 saturated carbocycles. The van der Waals surface area contributed by atoms with Gasteiger partial charge >= 0.3 is 10.5 Å². The van der Waals surface area contributed by atoms with Gasteiger partial charge in [-0.25, -0.2) is 4.79 Å². The molecule has 0 aliphatic carbocycles. The van der Waals surface area contributed by atoms with E-state index in [-0.39, 0.29) is 23.6 Å². The molecule has 1 aromatic carbocycles. The van der Waals surface area contributed by atoms with Crippen LogP contribution in [0.4, 0.5) is 0 Å². The van der Waals surface area contributed by atoms with Gasteiger partial charge in [-0.15, -0.1) is 0 Å². The third-order valence-corrected chi connectivity index (χ3v) is 4.22. The lowest BCUT2D eigenvalue weighted by molar-refractivity contribution is -0.678. The number of aryl methyl sites for hydroxylation is 1. The molecule has 0 bridgehead atoms. The molecule has 0 saturated heterocycles. The van der Waals surface area contributed by atoms with Crippen LogP contribution >= 0.6 is 11.3 Å². The Balaban J connectivity index is 2.32. The van der Waals surface area contributed by atoms with Gasteiger partial charge < -0.3 is 10.2 Å². The Bertz CT molecular complexity index is 824. The third kappa shape index (κ3) is 2.32. The number of aliphatic hydroxyl groups is 1. The summed E-state index contributed by atoms with van der Waals surface area (Å²) < 4.78 is 3.20. The number of thiazole rings is 1. The Morgan fingerprint density at radius 1 is 1.24 bits per heavy atom. The number of hydrogen-bond donors (Lipinski definition) is 2. The van der Waals surface area contributed by atoms with Crippen molar-refractivity contribution in [3.63, 3.8) is 0 Å². The number of nitrogens with zero attached hydrogens (tertiary/aromatic N) is 2. The van der Waals surface area contributed by atoms with Crippen LogP contribution < -0.4 is 10.1 Å². The second kappa shape index (κ2) is 5.67. The topological polar surface area (TPSA) is 65.8 Å². The number of aromatic hydroxyl groups is 1. The molecule has 0 atom stereocenters. The van der Waals surface area contributed by atoms with Gasteiger partial charge in [-0.3, -0.25) is 0 Å². The summed E-state index contributed by atoms with van der Waals surface area (Å²) in [4.78, 5) is 13.2. The molecule has 0 radical (unpaired) electrons. The average Bonchev–Trinajstić information content (AvgIpc) is 2.98. The zero-order chi connectivity index (χ0) is 14.8. The summed E-state index contributed by atoms with van der Waals surface area (Å²) in [5, 5.41) is 21.4. The molecule has 0 spiro atoms. The molecule has 5 nitrogen and oxygen atoms in total. The van der Waals surface area contributed by atoms with Crippen LogP contribution in [0, 0.1) is 0 Å². The average molecular weight is 303 g/mol. The quantitative estimate of drug-likeness (QED) is 0.716. The van der Waals surface area contributed by atoms with E-state index in [0.717, 1.165) is 0 Å². The lowest BCUT2D eigenvalue weighted by Gasteiger charge is -2.07. The molecule has 2 heterocycles. The standard InChI is InChI=1S/C15H14N2O3S/c18-9-4-7-16-13(19)12(11-5-2-1-3-6-11)14(20)17-8-10-21-15(16)17/h1-3,5-6,8,10,18H,4,7,9H2/p+1. The summed E-state index contributed by atoms with van der Waals surface area (Å²) in [6.07, 6.45) is 2.21. The molecule has 6 heteroatoms. The van der Waals surface area contributed by atoms with E-state index in [9.17, 15) is 9.90 Å². The summed E-state index contributed by atoms with van der Waals surface area (Å²) >= 11 is 1.38. The number of aliphatic hydroxyl groups excluding tert-OH is 1. The minimum absolute atomic E-state index is 0.0315. The van der Waals surface area contributed by atoms with Crippen LogP contribution in [0.2, 0.25) is 0 Å². The predicted molar refractivity (Wildman–Crippen MR) is 80.5 cm³/mol. The molecule has 21 heavy (non-hydrogen) atoms. The fourth-order valence-electron chi connectivity index (χ4n) is 2.35. The van der Waals surface area contributed by atoms with E-state index in [1.54, 1.807) is 28.3 Å². The SMILES string of the molecule is O=c1c(-c2ccccc2)c(O)[n+](CCCO)c2sccn12. The van der Waals surface area contributed by atoms with Crippen LogP contribution in [0.15, 0.2) is 46.7 Å². The van der Waals surface area contributed by atoms with E-state index in [1.165, 1.54) is 15.7 Å². The molecule has 108 valence electrons. The fraction of sp³-hybridized carbons (Fsp3) is 0.200. The van der Waals surface area contributed by atoms with E-state index >= 15 is 0 Å². The number of fused-ring (bicyclic) bond motifs is 1. The van der Waals surface area contributed by atoms with Gasteiger partial charge in [-0.2, -0.15) is 8.97 Å². The first-order chi connectivity index (χ1) is 10.2. The van der Waals surface area contributed by atoms with Crippen LogP contribution in [-0.2, 0) is 6.54 Å². The van der Waals surface area contributed by atoms with Gasteiger partial charge in [0.15, 0.2) is 5.56 Å². The van der Waals surface area contributed by atoms with Crippen LogP contribution in [0.5, 0.6) is 5.88 Å². The van der Waals surface area contributed by atoms with Crippen LogP contribution in [0.25, 0.3) is 16.1 Å². The van der Waals surface area contributed by atoms with Crippen molar-refractivity contribution in [3.8, 4) is 17.0 Å². The monoisotopic (exact) mass is 303 g/mol. The molecule has 2 aromatic heterocycles. The van der Waals surface area contributed by atoms with Crippen LogP contribution in [0.3, 0.4) is 0 Å². The fourth-order valence-corrected chi connectivity index (χ4v) is 3.22. The maximum Gasteiger partial charge on any atom is 0.355 e. The third-order valence-electron chi connectivity index (χ3n) is 3.33. The van der Waals surface area contributed by atoms with Gasteiger partial charge in [-0.05, 0) is 5.56 Å². The van der Waals surface area contributed by atoms with Gasteiger partial charge in [0.1, 0.15) is 6.20 Å². The van der Waals surface area contributed by atoms with E-state index < -0.39 is 0 Å². The molecular formula is C15H15N2O3S+. The van der Waals surface area contributed by atoms with E-state index in [0.29, 0.717) is 23.5 Å². The van der Waals surface area contributed by atoms with Crippen molar-refractivity contribution in [2.24, 2.45) is 0 Å². The second-order valence-corrected chi connectivity index (χ2v) is 5.53. The highest BCUT2D eigenvalue weighted by molar-refractivity contribution is 7.14. The Morgan fingerprint density at radius 3 is 2.71 bits per heavy atom. The number of rotatable bonds is 4. The number of hydrogen-bond acceptors (Lipinski definition) is 4. The van der Waals surface area contributed by atoms with Crippen molar-refractivity contribution < 1.29 is 14.8 Å². The number of aromatic nitrogens is 2. The first-order valence-electron chi connectivity index (χ1n) is 6.65. The highest BCUT2D eigenvalue weighted by Gasteiger charge is 2.25.